The second kappa shape index (κ2) is 6.20. The van der Waals surface area contributed by atoms with Crippen LogP contribution < -0.4 is 4.72 Å². The van der Waals surface area contributed by atoms with Gasteiger partial charge in [-0.05, 0) is 45.4 Å². The van der Waals surface area contributed by atoms with E-state index in [2.05, 4.69) is 20.7 Å². The summed E-state index contributed by atoms with van der Waals surface area (Å²) in [5, 5.41) is 0. The van der Waals surface area contributed by atoms with Gasteiger partial charge in [-0.1, -0.05) is 22.4 Å². The number of rotatable bonds is 3. The van der Waals surface area contributed by atoms with E-state index in [9.17, 15) is 8.42 Å². The second-order valence-corrected chi connectivity index (χ2v) is 8.48. The molecule has 106 valence electrons. The number of hydrogen-bond donors (Lipinski definition) is 1. The predicted octanol–water partition coefficient (Wildman–Crippen LogP) is 2.40. The Kier molecular flexibility index (Phi) is 5.08. The number of halogens is 1. The van der Waals surface area contributed by atoms with Gasteiger partial charge in [0.2, 0.25) is 0 Å². The van der Waals surface area contributed by atoms with Gasteiger partial charge in [-0.15, -0.1) is 0 Å². The minimum Gasteiger partial charge on any atom is -0.199 e. The molecule has 1 atom stereocenters. The van der Waals surface area contributed by atoms with Crippen LogP contribution in [0.1, 0.15) is 51.9 Å². The van der Waals surface area contributed by atoms with E-state index in [-0.39, 0.29) is 12.1 Å². The van der Waals surface area contributed by atoms with Gasteiger partial charge in [0.25, 0.3) is 10.2 Å². The summed E-state index contributed by atoms with van der Waals surface area (Å²) in [4.78, 5) is 0.562. The smallest absolute Gasteiger partial charge is 0.199 e. The third-order valence-electron chi connectivity index (χ3n) is 4.02. The highest BCUT2D eigenvalue weighted by atomic mass is 79.9. The molecular weight excluding hydrogens is 316 g/mol. The molecule has 1 unspecified atom stereocenters. The van der Waals surface area contributed by atoms with Crippen molar-refractivity contribution in [2.45, 2.75) is 68.8 Å². The summed E-state index contributed by atoms with van der Waals surface area (Å²) in [6.07, 6.45) is 7.11. The molecular formula is C12H23BrN2O2S. The van der Waals surface area contributed by atoms with Crippen molar-refractivity contribution in [3.8, 4) is 0 Å². The minimum atomic E-state index is -3.28. The number of alkyl halides is 1. The fourth-order valence-electron chi connectivity index (χ4n) is 2.88. The van der Waals surface area contributed by atoms with E-state index in [1.165, 1.54) is 0 Å². The van der Waals surface area contributed by atoms with Gasteiger partial charge < -0.3 is 0 Å². The SMILES string of the molecule is CC1CCCCN1S(=O)(=O)NC1CCC(Br)CC1. The zero-order chi connectivity index (χ0) is 13.2. The van der Waals surface area contributed by atoms with Gasteiger partial charge in [0.1, 0.15) is 0 Å². The lowest BCUT2D eigenvalue weighted by Crippen LogP contribution is -2.51. The fourth-order valence-corrected chi connectivity index (χ4v) is 5.15. The monoisotopic (exact) mass is 338 g/mol. The molecule has 0 bridgehead atoms. The van der Waals surface area contributed by atoms with Crippen molar-refractivity contribution in [1.82, 2.24) is 9.03 Å². The number of hydrogen-bond acceptors (Lipinski definition) is 2. The molecule has 1 heterocycles. The number of piperidine rings is 1. The summed E-state index contributed by atoms with van der Waals surface area (Å²) in [6, 6.07) is 0.265. The summed E-state index contributed by atoms with van der Waals surface area (Å²) in [5.41, 5.74) is 0. The Balaban J connectivity index is 1.94. The summed E-state index contributed by atoms with van der Waals surface area (Å²) >= 11 is 3.59. The minimum absolute atomic E-state index is 0.123. The third-order valence-corrected chi connectivity index (χ3v) is 6.73. The first kappa shape index (κ1) is 14.8. The Morgan fingerprint density at radius 3 is 2.39 bits per heavy atom. The van der Waals surface area contributed by atoms with Gasteiger partial charge in [0.15, 0.2) is 0 Å². The van der Waals surface area contributed by atoms with Crippen LogP contribution in [0.25, 0.3) is 0 Å². The van der Waals surface area contributed by atoms with Crippen LogP contribution >= 0.6 is 15.9 Å². The molecule has 0 radical (unpaired) electrons. The van der Waals surface area contributed by atoms with E-state index in [1.807, 2.05) is 6.92 Å². The largest absolute Gasteiger partial charge is 0.279 e. The Bertz CT molecular complexity index is 366. The number of nitrogens with zero attached hydrogens (tertiary/aromatic N) is 1. The molecule has 0 amide bonds. The van der Waals surface area contributed by atoms with Crippen molar-refractivity contribution < 1.29 is 8.42 Å². The summed E-state index contributed by atoms with van der Waals surface area (Å²) in [6.45, 7) is 2.68. The zero-order valence-corrected chi connectivity index (χ0v) is 13.3. The highest BCUT2D eigenvalue weighted by molar-refractivity contribution is 9.09. The summed E-state index contributed by atoms with van der Waals surface area (Å²) < 4.78 is 29.2. The lowest BCUT2D eigenvalue weighted by atomic mass is 9.96. The maximum atomic E-state index is 12.3. The molecule has 1 saturated heterocycles. The maximum absolute atomic E-state index is 12.3. The molecule has 0 aromatic rings. The van der Waals surface area contributed by atoms with Crippen molar-refractivity contribution in [2.24, 2.45) is 0 Å². The second-order valence-electron chi connectivity index (χ2n) is 5.53. The normalized spacial score (nSPS) is 35.6. The maximum Gasteiger partial charge on any atom is 0.279 e. The van der Waals surface area contributed by atoms with Gasteiger partial charge in [0.05, 0.1) is 0 Å². The van der Waals surface area contributed by atoms with Crippen LogP contribution in [0.2, 0.25) is 0 Å². The number of nitrogens with one attached hydrogen (secondary N) is 1. The standard InChI is InChI=1S/C12H23BrN2O2S/c1-10-4-2-3-9-15(10)18(16,17)14-12-7-5-11(13)6-8-12/h10-12,14H,2-9H2,1H3. The van der Waals surface area contributed by atoms with Crippen LogP contribution in [0.3, 0.4) is 0 Å². The topological polar surface area (TPSA) is 49.4 Å². The lowest BCUT2D eigenvalue weighted by molar-refractivity contribution is 0.261. The molecule has 6 heteroatoms. The van der Waals surface area contributed by atoms with E-state index in [4.69, 9.17) is 0 Å². The van der Waals surface area contributed by atoms with E-state index in [0.717, 1.165) is 44.9 Å². The summed E-state index contributed by atoms with van der Waals surface area (Å²) in [5.74, 6) is 0. The molecule has 2 fully saturated rings. The van der Waals surface area contributed by atoms with Gasteiger partial charge in [0, 0.05) is 23.5 Å². The van der Waals surface area contributed by atoms with E-state index < -0.39 is 10.2 Å². The van der Waals surface area contributed by atoms with Crippen molar-refractivity contribution in [1.29, 1.82) is 0 Å². The summed E-state index contributed by atoms with van der Waals surface area (Å²) in [7, 11) is -3.28. The van der Waals surface area contributed by atoms with Gasteiger partial charge in [-0.3, -0.25) is 0 Å². The van der Waals surface area contributed by atoms with E-state index in [1.54, 1.807) is 4.31 Å². The molecule has 1 saturated carbocycles. The predicted molar refractivity (Wildman–Crippen MR) is 77.0 cm³/mol. The van der Waals surface area contributed by atoms with Crippen LogP contribution in [0.5, 0.6) is 0 Å². The van der Waals surface area contributed by atoms with Crippen LogP contribution in [0.4, 0.5) is 0 Å². The molecule has 0 aromatic carbocycles. The van der Waals surface area contributed by atoms with Crippen molar-refractivity contribution >= 4 is 26.1 Å². The van der Waals surface area contributed by atoms with Gasteiger partial charge in [-0.2, -0.15) is 17.4 Å². The van der Waals surface area contributed by atoms with Crippen molar-refractivity contribution in [3.63, 3.8) is 0 Å². The Morgan fingerprint density at radius 1 is 1.11 bits per heavy atom. The average Bonchev–Trinajstić information content (AvgIpc) is 2.32. The van der Waals surface area contributed by atoms with Crippen LogP contribution in [-0.2, 0) is 10.2 Å². The quantitative estimate of drug-likeness (QED) is 0.803. The van der Waals surface area contributed by atoms with Crippen LogP contribution in [0, 0.1) is 0 Å². The Morgan fingerprint density at radius 2 is 1.78 bits per heavy atom. The Hall–Kier alpha value is 0.350. The molecule has 2 aliphatic rings. The highest BCUT2D eigenvalue weighted by Crippen LogP contribution is 2.26. The highest BCUT2D eigenvalue weighted by Gasteiger charge is 2.32. The molecule has 2 rings (SSSR count). The average molecular weight is 339 g/mol. The molecule has 0 spiro atoms. The van der Waals surface area contributed by atoms with Gasteiger partial charge in [-0.25, -0.2) is 0 Å². The molecule has 4 nitrogen and oxygen atoms in total. The molecule has 1 N–H and O–H groups in total. The van der Waals surface area contributed by atoms with Crippen LogP contribution in [0.15, 0.2) is 0 Å². The van der Waals surface area contributed by atoms with E-state index >= 15 is 0 Å². The van der Waals surface area contributed by atoms with Crippen LogP contribution in [-0.4, -0.2) is 36.2 Å². The van der Waals surface area contributed by atoms with E-state index in [0.29, 0.717) is 11.4 Å². The lowest BCUT2D eigenvalue weighted by Gasteiger charge is -2.34. The first-order valence-electron chi connectivity index (χ1n) is 6.92. The molecule has 1 aliphatic heterocycles. The molecule has 1 aliphatic carbocycles. The van der Waals surface area contributed by atoms with Crippen molar-refractivity contribution in [2.75, 3.05) is 6.54 Å². The fraction of sp³-hybridized carbons (Fsp3) is 1.00. The zero-order valence-electron chi connectivity index (χ0n) is 10.9. The molecule has 18 heavy (non-hydrogen) atoms. The first-order valence-corrected chi connectivity index (χ1v) is 9.28. The third kappa shape index (κ3) is 3.68. The molecule has 0 aromatic heterocycles. The first-order chi connectivity index (χ1) is 8.49. The van der Waals surface area contributed by atoms with Crippen molar-refractivity contribution in [3.05, 3.63) is 0 Å². The van der Waals surface area contributed by atoms with Gasteiger partial charge >= 0.3 is 0 Å². The Labute approximate surface area is 119 Å².